The highest BCUT2D eigenvalue weighted by molar-refractivity contribution is 5.80. The van der Waals surface area contributed by atoms with Gasteiger partial charge in [-0.15, -0.1) is 0 Å². The lowest BCUT2D eigenvalue weighted by Crippen LogP contribution is -2.58. The number of esters is 1. The van der Waals surface area contributed by atoms with Crippen LogP contribution in [0.3, 0.4) is 0 Å². The highest BCUT2D eigenvalue weighted by atomic mass is 19.4. The number of carbonyl (C=O) groups is 1. The van der Waals surface area contributed by atoms with E-state index in [-0.39, 0.29) is 0 Å². The number of carbonyl (C=O) groups excluding carboxylic acids is 1. The van der Waals surface area contributed by atoms with E-state index < -0.39 is 53.8 Å². The summed E-state index contributed by atoms with van der Waals surface area (Å²) in [6, 6.07) is 0. The van der Waals surface area contributed by atoms with Crippen molar-refractivity contribution in [2.75, 3.05) is 13.2 Å². The van der Waals surface area contributed by atoms with Crippen molar-refractivity contribution in [2.24, 2.45) is 16.7 Å². The second-order valence-corrected chi connectivity index (χ2v) is 8.03. The Morgan fingerprint density at radius 3 is 2.15 bits per heavy atom. The summed E-state index contributed by atoms with van der Waals surface area (Å²) in [4.78, 5) is 12.7. The highest BCUT2D eigenvalue weighted by Crippen LogP contribution is 2.52. The molecule has 3 unspecified atom stereocenters. The van der Waals surface area contributed by atoms with E-state index in [2.05, 4.69) is 4.74 Å². The van der Waals surface area contributed by atoms with Crippen LogP contribution in [-0.2, 0) is 14.3 Å². The maximum atomic E-state index is 14.1. The van der Waals surface area contributed by atoms with Crippen molar-refractivity contribution in [1.29, 1.82) is 0 Å². The molecule has 0 radical (unpaired) electrons. The number of allylic oxidation sites excluding steroid dienone is 1. The first-order valence-electron chi connectivity index (χ1n) is 8.60. The Morgan fingerprint density at radius 1 is 1.26 bits per heavy atom. The SMILES string of the molecule is CCC(C)(C)C(C)(C=C(C)C)C(=O)OCC1COC(O)(C(F)(F)F)C1(F)F. The van der Waals surface area contributed by atoms with Crippen LogP contribution in [0.1, 0.15) is 48.0 Å². The molecule has 1 fully saturated rings. The zero-order chi connectivity index (χ0) is 21.5. The number of aliphatic hydroxyl groups is 1. The van der Waals surface area contributed by atoms with Crippen LogP contribution in [-0.4, -0.2) is 42.2 Å². The Morgan fingerprint density at radius 2 is 1.78 bits per heavy atom. The normalized spacial score (nSPS) is 27.8. The molecule has 27 heavy (non-hydrogen) atoms. The van der Waals surface area contributed by atoms with Crippen LogP contribution in [0.4, 0.5) is 22.0 Å². The van der Waals surface area contributed by atoms with Crippen LogP contribution in [0, 0.1) is 16.7 Å². The topological polar surface area (TPSA) is 55.8 Å². The molecule has 9 heteroatoms. The fraction of sp³-hybridized carbons (Fsp3) is 0.833. The largest absolute Gasteiger partial charge is 0.464 e. The molecule has 1 N–H and O–H groups in total. The summed E-state index contributed by atoms with van der Waals surface area (Å²) in [5.41, 5.74) is -0.963. The van der Waals surface area contributed by atoms with Crippen molar-refractivity contribution in [3.63, 3.8) is 0 Å². The quantitative estimate of drug-likeness (QED) is 0.405. The van der Waals surface area contributed by atoms with Crippen LogP contribution in [0.5, 0.6) is 0 Å². The maximum Gasteiger partial charge on any atom is 0.449 e. The molecular weight excluding hydrogens is 375 g/mol. The van der Waals surface area contributed by atoms with E-state index in [1.54, 1.807) is 26.8 Å². The molecule has 1 aliphatic heterocycles. The fourth-order valence-electron chi connectivity index (χ4n) is 2.92. The van der Waals surface area contributed by atoms with Gasteiger partial charge in [-0.25, -0.2) is 0 Å². The summed E-state index contributed by atoms with van der Waals surface area (Å²) >= 11 is 0. The van der Waals surface area contributed by atoms with Crippen molar-refractivity contribution < 1.29 is 41.3 Å². The van der Waals surface area contributed by atoms with Gasteiger partial charge in [0.1, 0.15) is 6.61 Å². The molecule has 1 heterocycles. The third kappa shape index (κ3) is 3.99. The molecule has 0 aromatic carbocycles. The number of rotatable bonds is 6. The molecule has 0 saturated carbocycles. The van der Waals surface area contributed by atoms with Crippen molar-refractivity contribution in [1.82, 2.24) is 0 Å². The summed E-state index contributed by atoms with van der Waals surface area (Å²) < 4.78 is 75.5. The smallest absolute Gasteiger partial charge is 0.449 e. The fourth-order valence-corrected chi connectivity index (χ4v) is 2.92. The van der Waals surface area contributed by atoms with Gasteiger partial charge in [0.25, 0.3) is 0 Å². The molecule has 0 aromatic heterocycles. The summed E-state index contributed by atoms with van der Waals surface area (Å²) in [6.45, 7) is 8.50. The van der Waals surface area contributed by atoms with E-state index in [1.807, 2.05) is 20.8 Å². The van der Waals surface area contributed by atoms with E-state index in [4.69, 9.17) is 4.74 Å². The Labute approximate surface area is 155 Å². The summed E-state index contributed by atoms with van der Waals surface area (Å²) in [5, 5.41) is 9.29. The number of alkyl halides is 5. The van der Waals surface area contributed by atoms with Gasteiger partial charge in [-0.1, -0.05) is 32.4 Å². The second-order valence-electron chi connectivity index (χ2n) is 8.03. The Kier molecular flexibility index (Phi) is 6.45. The van der Waals surface area contributed by atoms with Crippen LogP contribution < -0.4 is 0 Å². The molecule has 0 aromatic rings. The number of ether oxygens (including phenoxy) is 2. The van der Waals surface area contributed by atoms with Gasteiger partial charge < -0.3 is 14.6 Å². The third-order valence-electron chi connectivity index (χ3n) is 5.55. The van der Waals surface area contributed by atoms with Gasteiger partial charge in [0, 0.05) is 0 Å². The van der Waals surface area contributed by atoms with Gasteiger partial charge >= 0.3 is 23.9 Å². The first-order chi connectivity index (χ1) is 12.0. The standard InChI is InChI=1S/C18H27F5O4/c1-7-14(4,5)15(6,8-11(2)3)13(24)26-9-12-10-27-17(25,16(12,19)20)18(21,22)23/h8,12,25H,7,9-10H2,1-6H3. The lowest BCUT2D eigenvalue weighted by atomic mass is 9.64. The van der Waals surface area contributed by atoms with Crippen molar-refractivity contribution in [2.45, 2.75) is 65.8 Å². The lowest BCUT2D eigenvalue weighted by Gasteiger charge is -2.40. The van der Waals surface area contributed by atoms with E-state index in [9.17, 15) is 31.9 Å². The molecule has 0 bridgehead atoms. The molecule has 0 amide bonds. The molecule has 1 aliphatic rings. The van der Waals surface area contributed by atoms with Gasteiger partial charge in [0.15, 0.2) is 0 Å². The summed E-state index contributed by atoms with van der Waals surface area (Å²) in [5.74, 6) is -12.2. The van der Waals surface area contributed by atoms with Gasteiger partial charge in [-0.05, 0) is 32.6 Å². The van der Waals surface area contributed by atoms with Crippen molar-refractivity contribution >= 4 is 5.97 Å². The monoisotopic (exact) mass is 402 g/mol. The molecular formula is C18H27F5O4. The maximum absolute atomic E-state index is 14.1. The Hall–Kier alpha value is -1.22. The number of hydrogen-bond acceptors (Lipinski definition) is 4. The number of hydrogen-bond donors (Lipinski definition) is 1. The predicted molar refractivity (Wildman–Crippen MR) is 88.0 cm³/mol. The second kappa shape index (κ2) is 7.31. The van der Waals surface area contributed by atoms with Crippen LogP contribution in [0.15, 0.2) is 11.6 Å². The average molecular weight is 402 g/mol. The van der Waals surface area contributed by atoms with E-state index in [0.29, 0.717) is 6.42 Å². The van der Waals surface area contributed by atoms with Crippen LogP contribution >= 0.6 is 0 Å². The third-order valence-corrected chi connectivity index (χ3v) is 5.55. The van der Waals surface area contributed by atoms with E-state index in [0.717, 1.165) is 5.57 Å². The minimum atomic E-state index is -5.68. The van der Waals surface area contributed by atoms with Crippen LogP contribution in [0.25, 0.3) is 0 Å². The molecule has 3 atom stereocenters. The molecule has 1 saturated heterocycles. The highest BCUT2D eigenvalue weighted by Gasteiger charge is 2.77. The van der Waals surface area contributed by atoms with Gasteiger partial charge in [0.2, 0.25) is 0 Å². The first kappa shape index (κ1) is 23.8. The van der Waals surface area contributed by atoms with E-state index >= 15 is 0 Å². The first-order valence-corrected chi connectivity index (χ1v) is 8.60. The minimum Gasteiger partial charge on any atom is -0.464 e. The lowest BCUT2D eigenvalue weighted by molar-refractivity contribution is -0.404. The van der Waals surface area contributed by atoms with Crippen LogP contribution in [0.2, 0.25) is 0 Å². The molecule has 158 valence electrons. The zero-order valence-corrected chi connectivity index (χ0v) is 16.3. The molecule has 1 rings (SSSR count). The van der Waals surface area contributed by atoms with E-state index in [1.165, 1.54) is 0 Å². The molecule has 0 spiro atoms. The number of halogens is 5. The summed E-state index contributed by atoms with van der Waals surface area (Å²) in [7, 11) is 0. The Balaban J connectivity index is 3.03. The van der Waals surface area contributed by atoms with Gasteiger partial charge in [0.05, 0.1) is 17.9 Å². The zero-order valence-electron chi connectivity index (χ0n) is 16.3. The van der Waals surface area contributed by atoms with Crippen molar-refractivity contribution in [3.05, 3.63) is 11.6 Å². The minimum absolute atomic E-state index is 0.568. The Bertz CT molecular complexity index is 595. The predicted octanol–water partition coefficient (Wildman–Crippen LogP) is 4.47. The van der Waals surface area contributed by atoms with Gasteiger partial charge in [-0.2, -0.15) is 22.0 Å². The average Bonchev–Trinajstić information content (AvgIpc) is 2.74. The summed E-state index contributed by atoms with van der Waals surface area (Å²) in [6.07, 6.45) is -3.46. The molecule has 0 aliphatic carbocycles. The molecule has 4 nitrogen and oxygen atoms in total. The van der Waals surface area contributed by atoms with Crippen molar-refractivity contribution in [3.8, 4) is 0 Å². The van der Waals surface area contributed by atoms with Gasteiger partial charge in [-0.3, -0.25) is 4.79 Å².